The molecule has 0 heterocycles. The van der Waals surface area contributed by atoms with Crippen LogP contribution >= 0.6 is 0 Å². The van der Waals surface area contributed by atoms with Gasteiger partial charge in [0.05, 0.1) is 7.11 Å². The van der Waals surface area contributed by atoms with Crippen LogP contribution in [0.15, 0.2) is 94.7 Å². The predicted octanol–water partition coefficient (Wildman–Crippen LogP) is 4.81. The summed E-state index contributed by atoms with van der Waals surface area (Å²) in [6, 6.07) is 27.2. The van der Waals surface area contributed by atoms with Gasteiger partial charge in [0, 0.05) is 5.56 Å². The minimum Gasteiger partial charge on any atom is -0.497 e. The first-order chi connectivity index (χ1) is 11.2. The van der Waals surface area contributed by atoms with Gasteiger partial charge in [-0.3, -0.25) is 0 Å². The van der Waals surface area contributed by atoms with Crippen molar-refractivity contribution in [2.75, 3.05) is 7.11 Å². The van der Waals surface area contributed by atoms with Gasteiger partial charge < -0.3 is 4.74 Å². The Kier molecular flexibility index (Phi) is 4.58. The van der Waals surface area contributed by atoms with Gasteiger partial charge in [0.25, 0.3) is 0 Å². The molecule has 3 heteroatoms. The summed E-state index contributed by atoms with van der Waals surface area (Å²) in [4.78, 5) is 1.73. The normalized spacial score (nSPS) is 11.2. The highest BCUT2D eigenvalue weighted by atomic mass is 32.2. The van der Waals surface area contributed by atoms with Crippen molar-refractivity contribution in [1.82, 2.24) is 0 Å². The van der Waals surface area contributed by atoms with Crippen LogP contribution in [0.2, 0.25) is 0 Å². The second-order valence-electron chi connectivity index (χ2n) is 5.29. The Morgan fingerprint density at radius 1 is 0.739 bits per heavy atom. The minimum atomic E-state index is -2.36. The Morgan fingerprint density at radius 3 is 1.65 bits per heavy atom. The average Bonchev–Trinajstić information content (AvgIpc) is 2.64. The van der Waals surface area contributed by atoms with Gasteiger partial charge in [-0.1, -0.05) is 52.7 Å². The Labute approximate surface area is 138 Å². The summed E-state index contributed by atoms with van der Waals surface area (Å²) in [6.07, 6.45) is 0. The van der Waals surface area contributed by atoms with Crippen molar-refractivity contribution >= 4 is 9.93 Å². The van der Waals surface area contributed by atoms with Crippen molar-refractivity contribution in [3.63, 3.8) is 0 Å². The smallest absolute Gasteiger partial charge is 0.163 e. The summed E-state index contributed by atoms with van der Waals surface area (Å²) in [5.41, 5.74) is 1.03. The zero-order chi connectivity index (χ0) is 16.1. The number of benzene rings is 3. The summed E-state index contributed by atoms with van der Waals surface area (Å²) in [6.45, 7) is 0. The van der Waals surface area contributed by atoms with Crippen LogP contribution in [0.25, 0.3) is 0 Å². The molecule has 0 aliphatic heterocycles. The molecule has 0 saturated heterocycles. The SMILES string of the molecule is COc1ccc(C[S+](=O)(c2ccccc2)c2ccccc2)cc1. The second-order valence-corrected chi connectivity index (χ2v) is 7.88. The Morgan fingerprint density at radius 2 is 1.22 bits per heavy atom. The topological polar surface area (TPSA) is 26.3 Å². The molecule has 0 aromatic heterocycles. The van der Waals surface area contributed by atoms with Crippen LogP contribution in [0.5, 0.6) is 5.75 Å². The first-order valence-electron chi connectivity index (χ1n) is 7.47. The lowest BCUT2D eigenvalue weighted by molar-refractivity contribution is 0.414. The molecular formula is C20H19O2S+. The fourth-order valence-corrected chi connectivity index (χ4v) is 5.00. The lowest BCUT2D eigenvalue weighted by Gasteiger charge is -2.12. The van der Waals surface area contributed by atoms with Crippen LogP contribution in [0.3, 0.4) is 0 Å². The van der Waals surface area contributed by atoms with Crippen molar-refractivity contribution in [3.8, 4) is 5.75 Å². The average molecular weight is 323 g/mol. The van der Waals surface area contributed by atoms with Gasteiger partial charge >= 0.3 is 0 Å². The zero-order valence-corrected chi connectivity index (χ0v) is 13.8. The molecule has 0 radical (unpaired) electrons. The van der Waals surface area contributed by atoms with Gasteiger partial charge in [-0.25, -0.2) is 0 Å². The molecule has 2 nitrogen and oxygen atoms in total. The molecule has 0 atom stereocenters. The van der Waals surface area contributed by atoms with E-state index < -0.39 is 9.93 Å². The molecular weight excluding hydrogens is 304 g/mol. The van der Waals surface area contributed by atoms with E-state index in [1.165, 1.54) is 0 Å². The van der Waals surface area contributed by atoms with Crippen LogP contribution < -0.4 is 4.74 Å². The van der Waals surface area contributed by atoms with Crippen molar-refractivity contribution in [2.45, 2.75) is 15.5 Å². The van der Waals surface area contributed by atoms with Crippen LogP contribution in [0, 0.1) is 0 Å². The third kappa shape index (κ3) is 3.35. The first kappa shape index (κ1) is 15.5. The summed E-state index contributed by atoms with van der Waals surface area (Å²) >= 11 is 0. The largest absolute Gasteiger partial charge is 0.497 e. The van der Waals surface area contributed by atoms with E-state index in [4.69, 9.17) is 4.74 Å². The molecule has 116 valence electrons. The highest BCUT2D eigenvalue weighted by Crippen LogP contribution is 2.32. The van der Waals surface area contributed by atoms with Crippen LogP contribution in [-0.4, -0.2) is 7.11 Å². The van der Waals surface area contributed by atoms with E-state index in [2.05, 4.69) is 0 Å². The molecule has 0 saturated carbocycles. The van der Waals surface area contributed by atoms with Crippen molar-refractivity contribution in [2.24, 2.45) is 0 Å². The minimum absolute atomic E-state index is 0.477. The highest BCUT2D eigenvalue weighted by Gasteiger charge is 2.34. The molecule has 0 aliphatic carbocycles. The van der Waals surface area contributed by atoms with E-state index in [0.29, 0.717) is 5.75 Å². The fourth-order valence-electron chi connectivity index (χ4n) is 2.54. The van der Waals surface area contributed by atoms with Gasteiger partial charge in [0.2, 0.25) is 0 Å². The Hall–Kier alpha value is -2.39. The lowest BCUT2D eigenvalue weighted by Crippen LogP contribution is -2.15. The highest BCUT2D eigenvalue weighted by molar-refractivity contribution is 8.02. The standard InChI is InChI=1S/C20H19O2S/c1-22-18-14-12-17(13-15-18)16-23(21,19-8-4-2-5-9-19)20-10-6-3-7-11-20/h2-15H,16H2,1H3/q+1. The Bertz CT molecular complexity index is 753. The monoisotopic (exact) mass is 323 g/mol. The number of ether oxygens (including phenoxy) is 1. The van der Waals surface area contributed by atoms with Crippen LogP contribution in [0.1, 0.15) is 5.56 Å². The van der Waals surface area contributed by atoms with E-state index in [9.17, 15) is 4.21 Å². The number of methoxy groups -OCH3 is 1. The molecule has 0 bridgehead atoms. The lowest BCUT2D eigenvalue weighted by atomic mass is 10.2. The predicted molar refractivity (Wildman–Crippen MR) is 94.2 cm³/mol. The van der Waals surface area contributed by atoms with E-state index in [1.54, 1.807) is 7.11 Å². The van der Waals surface area contributed by atoms with Gasteiger partial charge in [-0.05, 0) is 36.4 Å². The van der Waals surface area contributed by atoms with Gasteiger partial charge in [0.1, 0.15) is 11.5 Å². The van der Waals surface area contributed by atoms with E-state index in [1.807, 2.05) is 84.9 Å². The van der Waals surface area contributed by atoms with Gasteiger partial charge in [-0.15, -0.1) is 0 Å². The third-order valence-electron chi connectivity index (χ3n) is 3.78. The molecule has 0 aliphatic rings. The number of hydrogen-bond donors (Lipinski definition) is 0. The molecule has 0 amide bonds. The van der Waals surface area contributed by atoms with Crippen molar-refractivity contribution in [3.05, 3.63) is 90.5 Å². The molecule has 3 rings (SSSR count). The Balaban J connectivity index is 2.04. The maximum Gasteiger partial charge on any atom is 0.163 e. The van der Waals surface area contributed by atoms with Crippen molar-refractivity contribution < 1.29 is 8.95 Å². The molecule has 0 N–H and O–H groups in total. The summed E-state index contributed by atoms with van der Waals surface area (Å²) < 4.78 is 19.1. The molecule has 0 fully saturated rings. The summed E-state index contributed by atoms with van der Waals surface area (Å²) in [5.74, 6) is 1.28. The fraction of sp³-hybridized carbons (Fsp3) is 0.100. The van der Waals surface area contributed by atoms with Crippen LogP contribution in [0.4, 0.5) is 0 Å². The molecule has 23 heavy (non-hydrogen) atoms. The number of rotatable bonds is 5. The summed E-state index contributed by atoms with van der Waals surface area (Å²) in [5, 5.41) is 0. The summed E-state index contributed by atoms with van der Waals surface area (Å²) in [7, 11) is -0.715. The molecule has 0 spiro atoms. The maximum absolute atomic E-state index is 13.9. The maximum atomic E-state index is 13.9. The van der Waals surface area contributed by atoms with Crippen LogP contribution in [-0.2, 0) is 19.9 Å². The van der Waals surface area contributed by atoms with E-state index in [-0.39, 0.29) is 0 Å². The molecule has 3 aromatic carbocycles. The quantitative estimate of drug-likeness (QED) is 0.630. The van der Waals surface area contributed by atoms with Gasteiger partial charge in [-0.2, -0.15) is 0 Å². The van der Waals surface area contributed by atoms with Gasteiger partial charge in [0.15, 0.2) is 19.7 Å². The van der Waals surface area contributed by atoms with E-state index in [0.717, 1.165) is 21.1 Å². The molecule has 0 unspecified atom stereocenters. The third-order valence-corrected chi connectivity index (χ3v) is 6.58. The first-order valence-corrected chi connectivity index (χ1v) is 9.20. The van der Waals surface area contributed by atoms with Crippen molar-refractivity contribution in [1.29, 1.82) is 0 Å². The zero-order valence-electron chi connectivity index (χ0n) is 13.0. The number of hydrogen-bond acceptors (Lipinski definition) is 2. The van der Waals surface area contributed by atoms with E-state index >= 15 is 0 Å². The molecule has 3 aromatic rings. The second kappa shape index (κ2) is 6.80.